The molecule has 7 aliphatic heterocycles. The lowest BCUT2D eigenvalue weighted by Gasteiger charge is -2.50. The number of carbonyl (C=O) groups is 2. The van der Waals surface area contributed by atoms with Crippen molar-refractivity contribution in [3.8, 4) is 0 Å². The maximum atomic E-state index is 13.9. The molecule has 756 valence electrons. The number of aliphatic hydroxyl groups excluding tert-OH is 11. The largest absolute Gasteiger partial charge is 0.445 e. The third-order valence-electron chi connectivity index (χ3n) is 27.3. The third-order valence-corrected chi connectivity index (χ3v) is 31.8. The predicted octanol–water partition coefficient (Wildman–Crippen LogP) is 1.32. The monoisotopic (exact) mass is 1930 g/mol. The molecule has 0 bridgehead atoms. The smallest absolute Gasteiger partial charge is 0.407 e. The van der Waals surface area contributed by atoms with E-state index in [0.717, 1.165) is 27.8 Å². The molecule has 136 heavy (non-hydrogen) atoms. The highest BCUT2D eigenvalue weighted by molar-refractivity contribution is 6.74. The van der Waals surface area contributed by atoms with Crippen molar-refractivity contribution < 1.29 is 155 Å². The fraction of sp³-hybridized carbons (Fsp3) is 0.646. The summed E-state index contributed by atoms with van der Waals surface area (Å²) < 4.78 is 121. The first-order chi connectivity index (χ1) is 65.1. The molecule has 2 saturated carbocycles. The average Bonchev–Trinajstić information content (AvgIpc) is 1.29. The predicted molar refractivity (Wildman–Crippen MR) is 488 cm³/mol. The van der Waals surface area contributed by atoms with Crippen molar-refractivity contribution in [2.45, 2.75) is 319 Å². The van der Waals surface area contributed by atoms with Crippen molar-refractivity contribution in [3.05, 3.63) is 186 Å². The standard InChI is InChI=1S/C64H86N2O18Si.C32H55N5O14/c1-38-32-45(66-63(72)76-35-43-26-17-11-18-27-43)53(81-59-40(3)51(69)54-47(79-59)36-74-60(82-54)44-29-19-12-20-30-44)56(49(38)67)84-61-57(73-31-21-28-41-22-13-9-14-23-41)55(48(80-61)37-77-85(7,8)64(4,5)6)83-58-39(2)50(68)52(70)46(78-58)33-65-62(71)75-34-42-24-15-10-16-25-42;33-10-16-22(41)24(43)19(36)30(46-16)50-27-18(12-39)48-32(29(27)45-8-4-7-13-5-2-1-3-6-13)51-28-21(40)14(34)9-15(35)26(28)49-31-20(37)25(44)23(42)17(11-38)47-31/h9-30,38-40,45-61,67-70H,31-37H2,1-8H3,(H,65,71)(H,66,72);1-3,5-6,14-32,38-44H,4,7-12,33-37H2/b28-21+;/t38-,39-,40-,45+,46+,47-,48-,49+,50-,51-,52-,53-,54-,55-,56-,57-,58-,59-,60?,61+;14-,15+,16+,17-,18-,19-,20-,21+,22-,23-,24-,25-,26-,27-,28-,29-,30-,31-,32+/m11/s1. The Balaban J connectivity index is 0.000000261. The number of amides is 2. The second kappa shape index (κ2) is 49.3. The van der Waals surface area contributed by atoms with Crippen LogP contribution in [0.25, 0.3) is 6.08 Å². The molecule has 2 amide bonds. The van der Waals surface area contributed by atoms with Gasteiger partial charge >= 0.3 is 12.2 Å². The zero-order valence-corrected chi connectivity index (χ0v) is 78.9. The summed E-state index contributed by atoms with van der Waals surface area (Å²) >= 11 is 0. The van der Waals surface area contributed by atoms with Crippen LogP contribution in [0.1, 0.15) is 94.9 Å². The Kier molecular flexibility index (Phi) is 38.6. The first-order valence-electron chi connectivity index (χ1n) is 46.9. The molecule has 39 nitrogen and oxygen atoms in total. The number of carbonyl (C=O) groups excluding carboxylic acids is 2. The highest BCUT2D eigenvalue weighted by Gasteiger charge is 2.60. The Hall–Kier alpha value is -6.72. The number of benzene rings is 5. The minimum atomic E-state index is -2.51. The average molecular weight is 1930 g/mol. The summed E-state index contributed by atoms with van der Waals surface area (Å²) in [7, 11) is -2.51. The number of aryl methyl sites for hydroxylation is 1. The van der Waals surface area contributed by atoms with Crippen LogP contribution in [0.15, 0.2) is 158 Å². The van der Waals surface area contributed by atoms with E-state index < -0.39 is 272 Å². The van der Waals surface area contributed by atoms with Crippen LogP contribution in [0.2, 0.25) is 18.1 Å². The van der Waals surface area contributed by atoms with Gasteiger partial charge in [-0.15, -0.1) is 0 Å². The molecule has 23 N–H and O–H groups in total. The number of aliphatic hydroxyl groups is 11. The van der Waals surface area contributed by atoms with Crippen molar-refractivity contribution >= 4 is 26.6 Å². The molecular weight excluding hydrogens is 1790 g/mol. The number of rotatable bonds is 35. The number of ether oxygens (including phenoxy) is 18. The van der Waals surface area contributed by atoms with Crippen molar-refractivity contribution in [2.24, 2.45) is 46.4 Å². The SMILES string of the molecule is C[C@H]1[C@@H](O[C@H]2[C@@H](OC/C=C/c3ccccc3)[C@H](O[C@@H]3[C@@H](O)[C@H](C)C[C@H](NC(=O)OCc4ccccc4)[C@H]3O[C@H]3O[C@@H]4COC(c5ccccc5)O[C@H]4[C@H](O)[C@H]3C)O[C@@H]2CO[Si](C)(C)C(C)(C)C)O[C@@H](CNC(=O)OCc2ccccc2)[C@@H](O)[C@@H]1O.NC[C@@H]1O[C@H](O[C@H]2[C@@H](OCCCc3ccccc3)[C@H](O[C@@H]3[C@@H](O)[C@H](N)C[C@H](N)[C@H]3O[C@H]3O[C@H](CO)[C@@H](O)[C@H](O)[C@H]3N)O[C@@H]2CO)[C@H](N)[C@@H](O)[C@@H]1O. The van der Waals surface area contributed by atoms with Gasteiger partial charge in [-0.25, -0.2) is 9.59 Å². The zero-order valence-electron chi connectivity index (χ0n) is 77.9. The maximum absolute atomic E-state index is 13.9. The molecule has 5 aromatic carbocycles. The molecule has 39 atom stereocenters. The minimum absolute atomic E-state index is 0.00458. The maximum Gasteiger partial charge on any atom is 0.407 e. The van der Waals surface area contributed by atoms with Crippen LogP contribution in [0, 0.1) is 17.8 Å². The lowest BCUT2D eigenvalue weighted by Crippen LogP contribution is -2.68. The Morgan fingerprint density at radius 2 is 0.963 bits per heavy atom. The van der Waals surface area contributed by atoms with E-state index in [-0.39, 0.29) is 70.6 Å². The fourth-order valence-electron chi connectivity index (χ4n) is 18.0. The van der Waals surface area contributed by atoms with E-state index in [9.17, 15) is 65.8 Å². The van der Waals surface area contributed by atoms with Gasteiger partial charge in [-0.2, -0.15) is 0 Å². The van der Waals surface area contributed by atoms with E-state index in [2.05, 4.69) is 44.5 Å². The molecule has 7 heterocycles. The van der Waals surface area contributed by atoms with Gasteiger partial charge in [-0.3, -0.25) is 0 Å². The molecule has 5 aromatic rings. The van der Waals surface area contributed by atoms with Gasteiger partial charge in [-0.1, -0.05) is 205 Å². The first-order valence-corrected chi connectivity index (χ1v) is 49.8. The van der Waals surface area contributed by atoms with Crippen molar-refractivity contribution in [2.75, 3.05) is 52.7 Å². The topological polar surface area (TPSA) is 586 Å². The number of fused-ring (bicyclic) bond motifs is 1. The second-order valence-corrected chi connectivity index (χ2v) is 42.9. The molecule has 2 aliphatic carbocycles. The van der Waals surface area contributed by atoms with Crippen LogP contribution in [0.4, 0.5) is 9.59 Å². The Labute approximate surface area is 793 Å². The molecule has 14 rings (SSSR count). The van der Waals surface area contributed by atoms with E-state index in [1.54, 1.807) is 13.8 Å². The first kappa shape index (κ1) is 107. The Bertz CT molecular complexity index is 4430. The quantitative estimate of drug-likeness (QED) is 0.0201. The number of nitrogens with two attached hydrogens (primary N) is 5. The third kappa shape index (κ3) is 26.6. The van der Waals surface area contributed by atoms with Gasteiger partial charge in [0.25, 0.3) is 0 Å². The fourth-order valence-corrected chi connectivity index (χ4v) is 19.0. The van der Waals surface area contributed by atoms with Crippen molar-refractivity contribution in [1.82, 2.24) is 10.6 Å². The van der Waals surface area contributed by atoms with Gasteiger partial charge in [0.1, 0.15) is 135 Å². The lowest BCUT2D eigenvalue weighted by molar-refractivity contribution is -0.366. The van der Waals surface area contributed by atoms with Crippen LogP contribution >= 0.6 is 0 Å². The molecule has 0 spiro atoms. The van der Waals surface area contributed by atoms with Crippen molar-refractivity contribution in [3.63, 3.8) is 0 Å². The molecule has 9 fully saturated rings. The van der Waals surface area contributed by atoms with Crippen LogP contribution < -0.4 is 39.3 Å². The van der Waals surface area contributed by atoms with Crippen LogP contribution in [0.3, 0.4) is 0 Å². The summed E-state index contributed by atoms with van der Waals surface area (Å²) in [5.41, 5.74) is 35.1. The Morgan fingerprint density at radius 1 is 0.478 bits per heavy atom. The van der Waals surface area contributed by atoms with Gasteiger partial charge in [0.2, 0.25) is 0 Å². The second-order valence-electron chi connectivity index (χ2n) is 38.1. The lowest BCUT2D eigenvalue weighted by atomic mass is 9.80. The summed E-state index contributed by atoms with van der Waals surface area (Å²) in [5, 5.41) is 126. The highest BCUT2D eigenvalue weighted by Crippen LogP contribution is 2.45. The van der Waals surface area contributed by atoms with Crippen LogP contribution in [0.5, 0.6) is 0 Å². The molecule has 9 aliphatic rings. The van der Waals surface area contributed by atoms with Gasteiger partial charge < -0.3 is 185 Å². The van der Waals surface area contributed by atoms with E-state index >= 15 is 0 Å². The van der Waals surface area contributed by atoms with E-state index in [0.29, 0.717) is 12.8 Å². The molecule has 7 saturated heterocycles. The van der Waals surface area contributed by atoms with Gasteiger partial charge in [0, 0.05) is 49.2 Å². The van der Waals surface area contributed by atoms with E-state index in [1.165, 1.54) is 0 Å². The highest BCUT2D eigenvalue weighted by atomic mass is 28.4. The Morgan fingerprint density at radius 3 is 1.57 bits per heavy atom. The van der Waals surface area contributed by atoms with Gasteiger partial charge in [-0.05, 0) is 72.0 Å². The summed E-state index contributed by atoms with van der Waals surface area (Å²) in [5.74, 6) is -2.06. The number of hydrogen-bond donors (Lipinski definition) is 18. The zero-order chi connectivity index (χ0) is 97.4. The van der Waals surface area contributed by atoms with Crippen molar-refractivity contribution in [1.29, 1.82) is 0 Å². The van der Waals surface area contributed by atoms with Crippen LogP contribution in [-0.4, -0.2) is 344 Å². The van der Waals surface area contributed by atoms with E-state index in [4.69, 9.17) is 118 Å². The normalized spacial score (nSPS) is 38.8. The van der Waals surface area contributed by atoms with Gasteiger partial charge in [0.15, 0.2) is 52.3 Å². The summed E-state index contributed by atoms with van der Waals surface area (Å²) in [6.07, 6.45) is -33.4. The summed E-state index contributed by atoms with van der Waals surface area (Å²) in [6, 6.07) is 42.2. The molecule has 40 heteroatoms. The van der Waals surface area contributed by atoms with Crippen LogP contribution in [-0.2, 0) is 109 Å². The van der Waals surface area contributed by atoms with Gasteiger partial charge in [0.05, 0.1) is 75.6 Å². The molecular formula is C96H141N7O32Si. The number of nitrogens with one attached hydrogen (secondary N) is 2. The van der Waals surface area contributed by atoms with E-state index in [1.807, 2.05) is 171 Å². The summed E-state index contributed by atoms with van der Waals surface area (Å²) in [4.78, 5) is 26.9. The summed E-state index contributed by atoms with van der Waals surface area (Å²) in [6.45, 7) is 14.5. The molecule has 0 aromatic heterocycles. The molecule has 1 unspecified atom stereocenters. The number of hydrogen-bond acceptors (Lipinski definition) is 37. The minimum Gasteiger partial charge on any atom is -0.445 e. The molecule has 0 radical (unpaired) electrons. The number of alkyl carbamates (subject to hydrolysis) is 2.